The van der Waals surface area contributed by atoms with Crippen LogP contribution in [-0.4, -0.2) is 44.9 Å². The van der Waals surface area contributed by atoms with Gasteiger partial charge in [-0.2, -0.15) is 0 Å². The number of carboxylic acids is 1. The second-order valence-electron chi connectivity index (χ2n) is 4.83. The molecule has 0 aromatic carbocycles. The van der Waals surface area contributed by atoms with E-state index in [0.717, 1.165) is 6.07 Å². The summed E-state index contributed by atoms with van der Waals surface area (Å²) in [6.45, 7) is 0.844. The number of H-pyrrole nitrogens is 2. The summed E-state index contributed by atoms with van der Waals surface area (Å²) in [6.07, 6.45) is 1.31. The number of aliphatic carboxylic acids is 1. The standard InChI is InChI=1S/C12H15N3O5/c16-9-6-8(13-12(20)14-9)11(19)15-3-1-7(2-4-15)5-10(17)18/h6-7H,1-5H2,(H,17,18)(H2,13,14,16,20). The van der Waals surface area contributed by atoms with Crippen molar-refractivity contribution in [1.82, 2.24) is 14.9 Å². The summed E-state index contributed by atoms with van der Waals surface area (Å²) in [7, 11) is 0. The van der Waals surface area contributed by atoms with Crippen LogP contribution in [0.25, 0.3) is 0 Å². The van der Waals surface area contributed by atoms with Gasteiger partial charge in [0.2, 0.25) is 0 Å². The lowest BCUT2D eigenvalue weighted by Crippen LogP contribution is -2.40. The van der Waals surface area contributed by atoms with Crippen LogP contribution in [0.4, 0.5) is 0 Å². The maximum Gasteiger partial charge on any atom is 0.326 e. The Morgan fingerprint density at radius 2 is 1.90 bits per heavy atom. The van der Waals surface area contributed by atoms with E-state index >= 15 is 0 Å². The Hall–Kier alpha value is -2.38. The summed E-state index contributed by atoms with van der Waals surface area (Å²) < 4.78 is 0. The largest absolute Gasteiger partial charge is 0.481 e. The molecule has 0 atom stereocenters. The fraction of sp³-hybridized carbons (Fsp3) is 0.500. The predicted molar refractivity (Wildman–Crippen MR) is 68.6 cm³/mol. The van der Waals surface area contributed by atoms with Crippen LogP contribution in [0.15, 0.2) is 15.7 Å². The van der Waals surface area contributed by atoms with Gasteiger partial charge in [0.05, 0.1) is 0 Å². The van der Waals surface area contributed by atoms with Crippen molar-refractivity contribution < 1.29 is 14.7 Å². The van der Waals surface area contributed by atoms with Gasteiger partial charge in [-0.15, -0.1) is 0 Å². The topological polar surface area (TPSA) is 123 Å². The Bertz CT molecular complexity index is 596. The molecule has 2 heterocycles. The van der Waals surface area contributed by atoms with Crippen LogP contribution >= 0.6 is 0 Å². The first-order chi connectivity index (χ1) is 9.45. The zero-order valence-electron chi connectivity index (χ0n) is 10.7. The number of amides is 1. The van der Waals surface area contributed by atoms with Crippen molar-refractivity contribution in [2.45, 2.75) is 19.3 Å². The highest BCUT2D eigenvalue weighted by molar-refractivity contribution is 5.92. The van der Waals surface area contributed by atoms with Crippen LogP contribution in [0.1, 0.15) is 29.8 Å². The van der Waals surface area contributed by atoms with Gasteiger partial charge in [0.25, 0.3) is 11.5 Å². The molecule has 8 nitrogen and oxygen atoms in total. The summed E-state index contributed by atoms with van der Waals surface area (Å²) in [5.41, 5.74) is -1.39. The Morgan fingerprint density at radius 1 is 1.25 bits per heavy atom. The summed E-state index contributed by atoms with van der Waals surface area (Å²) in [5.74, 6) is -1.19. The molecule has 1 aliphatic rings. The van der Waals surface area contributed by atoms with E-state index in [1.165, 1.54) is 4.90 Å². The number of hydrogen-bond donors (Lipinski definition) is 3. The van der Waals surface area contributed by atoms with Gasteiger partial charge in [0, 0.05) is 25.6 Å². The Morgan fingerprint density at radius 3 is 2.45 bits per heavy atom. The molecule has 0 unspecified atom stereocenters. The number of nitrogens with zero attached hydrogens (tertiary/aromatic N) is 1. The summed E-state index contributed by atoms with van der Waals surface area (Å²) in [4.78, 5) is 50.8. The first-order valence-electron chi connectivity index (χ1n) is 6.30. The molecule has 1 aliphatic heterocycles. The number of aromatic nitrogens is 2. The number of carbonyl (C=O) groups is 2. The molecule has 108 valence electrons. The van der Waals surface area contributed by atoms with Gasteiger partial charge in [-0.3, -0.25) is 19.4 Å². The number of carboxylic acid groups (broad SMARTS) is 1. The van der Waals surface area contributed by atoms with Gasteiger partial charge in [0.1, 0.15) is 5.69 Å². The molecule has 20 heavy (non-hydrogen) atoms. The van der Waals surface area contributed by atoms with Crippen molar-refractivity contribution in [2.75, 3.05) is 13.1 Å². The van der Waals surface area contributed by atoms with Gasteiger partial charge < -0.3 is 15.0 Å². The van der Waals surface area contributed by atoms with Gasteiger partial charge in [-0.05, 0) is 18.8 Å². The van der Waals surface area contributed by atoms with Crippen LogP contribution in [0.5, 0.6) is 0 Å². The summed E-state index contributed by atoms with van der Waals surface area (Å²) in [5, 5.41) is 8.72. The zero-order valence-corrected chi connectivity index (χ0v) is 10.7. The number of piperidine rings is 1. The van der Waals surface area contributed by atoms with Crippen LogP contribution < -0.4 is 11.2 Å². The highest BCUT2D eigenvalue weighted by Gasteiger charge is 2.25. The number of aromatic amines is 2. The maximum atomic E-state index is 12.1. The van der Waals surface area contributed by atoms with Gasteiger partial charge in [-0.25, -0.2) is 4.79 Å². The van der Waals surface area contributed by atoms with Crippen molar-refractivity contribution in [3.8, 4) is 0 Å². The zero-order chi connectivity index (χ0) is 14.7. The van der Waals surface area contributed by atoms with Crippen LogP contribution in [0.2, 0.25) is 0 Å². The quantitative estimate of drug-likeness (QED) is 0.682. The highest BCUT2D eigenvalue weighted by atomic mass is 16.4. The normalized spacial score (nSPS) is 16.1. The van der Waals surface area contributed by atoms with Crippen LogP contribution in [-0.2, 0) is 4.79 Å². The van der Waals surface area contributed by atoms with Crippen molar-refractivity contribution in [1.29, 1.82) is 0 Å². The minimum Gasteiger partial charge on any atom is -0.481 e. The Balaban J connectivity index is 2.03. The van der Waals surface area contributed by atoms with E-state index in [4.69, 9.17) is 5.11 Å². The smallest absolute Gasteiger partial charge is 0.326 e. The third-order valence-corrected chi connectivity index (χ3v) is 3.36. The summed E-state index contributed by atoms with van der Waals surface area (Å²) >= 11 is 0. The average molecular weight is 281 g/mol. The van der Waals surface area contributed by atoms with Crippen molar-refractivity contribution in [2.24, 2.45) is 5.92 Å². The van der Waals surface area contributed by atoms with Crippen LogP contribution in [0.3, 0.4) is 0 Å². The number of hydrogen-bond acceptors (Lipinski definition) is 4. The second kappa shape index (κ2) is 5.72. The van der Waals surface area contributed by atoms with E-state index in [1.54, 1.807) is 0 Å². The lowest BCUT2D eigenvalue weighted by Gasteiger charge is -2.31. The Labute approximate surface area is 113 Å². The molecular weight excluding hydrogens is 266 g/mol. The second-order valence-corrected chi connectivity index (χ2v) is 4.83. The minimum atomic E-state index is -0.839. The third kappa shape index (κ3) is 3.34. The Kier molecular flexibility index (Phi) is 4.02. The number of nitrogens with one attached hydrogen (secondary N) is 2. The van der Waals surface area contributed by atoms with E-state index in [0.29, 0.717) is 25.9 Å². The summed E-state index contributed by atoms with van der Waals surface area (Å²) in [6, 6.07) is 1.05. The molecule has 0 saturated carbocycles. The number of rotatable bonds is 3. The molecule has 1 fully saturated rings. The number of likely N-dealkylation sites (tertiary alicyclic amines) is 1. The molecule has 0 aliphatic carbocycles. The lowest BCUT2D eigenvalue weighted by molar-refractivity contribution is -0.138. The van der Waals surface area contributed by atoms with Gasteiger partial charge in [-0.1, -0.05) is 0 Å². The molecule has 8 heteroatoms. The molecule has 3 N–H and O–H groups in total. The molecule has 0 radical (unpaired) electrons. The van der Waals surface area contributed by atoms with E-state index < -0.39 is 23.1 Å². The minimum absolute atomic E-state index is 0.0459. The molecule has 0 bridgehead atoms. The first-order valence-corrected chi connectivity index (χ1v) is 6.30. The molecule has 1 saturated heterocycles. The molecule has 1 aromatic heterocycles. The fourth-order valence-electron chi connectivity index (χ4n) is 2.34. The predicted octanol–water partition coefficient (Wildman–Crippen LogP) is -0.610. The molecule has 1 amide bonds. The van der Waals surface area contributed by atoms with E-state index in [9.17, 15) is 19.2 Å². The maximum absolute atomic E-state index is 12.1. The molecular formula is C12H15N3O5. The molecule has 1 aromatic rings. The van der Waals surface area contributed by atoms with E-state index in [-0.39, 0.29) is 18.0 Å². The average Bonchev–Trinajstić information content (AvgIpc) is 2.37. The molecule has 0 spiro atoms. The van der Waals surface area contributed by atoms with E-state index in [2.05, 4.69) is 4.98 Å². The van der Waals surface area contributed by atoms with Crippen LogP contribution in [0, 0.1) is 5.92 Å². The van der Waals surface area contributed by atoms with Gasteiger partial charge in [0.15, 0.2) is 0 Å². The lowest BCUT2D eigenvalue weighted by atomic mass is 9.93. The highest BCUT2D eigenvalue weighted by Crippen LogP contribution is 2.21. The van der Waals surface area contributed by atoms with Crippen molar-refractivity contribution in [3.63, 3.8) is 0 Å². The van der Waals surface area contributed by atoms with E-state index in [1.807, 2.05) is 4.98 Å². The van der Waals surface area contributed by atoms with Gasteiger partial charge >= 0.3 is 11.7 Å². The fourth-order valence-corrected chi connectivity index (χ4v) is 2.34. The monoisotopic (exact) mass is 281 g/mol. The van der Waals surface area contributed by atoms with Crippen molar-refractivity contribution in [3.05, 3.63) is 32.6 Å². The third-order valence-electron chi connectivity index (χ3n) is 3.36. The van der Waals surface area contributed by atoms with Crippen molar-refractivity contribution >= 4 is 11.9 Å². The first kappa shape index (κ1) is 14.0. The SMILES string of the molecule is O=C(O)CC1CCN(C(=O)c2cc(=O)[nH]c(=O)[nH]2)CC1. The molecule has 2 rings (SSSR count). The number of carbonyl (C=O) groups excluding carboxylic acids is 1.